The van der Waals surface area contributed by atoms with Gasteiger partial charge in [0.25, 0.3) is 0 Å². The molecule has 1 aliphatic rings. The van der Waals surface area contributed by atoms with Crippen LogP contribution < -0.4 is 20.7 Å². The van der Waals surface area contributed by atoms with E-state index in [1.807, 2.05) is 12.1 Å². The van der Waals surface area contributed by atoms with E-state index in [1.165, 1.54) is 42.2 Å². The molecule has 238 valence electrons. The number of alkyl halides is 3. The Hall–Kier alpha value is -3.64. The minimum absolute atomic E-state index is 0.112. The van der Waals surface area contributed by atoms with Gasteiger partial charge >= 0.3 is 6.18 Å². The minimum atomic E-state index is -4.43. The largest absolute Gasteiger partial charge is 0.495 e. The van der Waals surface area contributed by atoms with Crippen LogP contribution in [0.3, 0.4) is 0 Å². The van der Waals surface area contributed by atoms with E-state index in [9.17, 15) is 17.6 Å². The molecule has 9 heteroatoms. The lowest BCUT2D eigenvalue weighted by Gasteiger charge is -2.23. The average molecular weight is 613 g/mol. The Morgan fingerprint density at radius 3 is 2.61 bits per heavy atom. The summed E-state index contributed by atoms with van der Waals surface area (Å²) in [4.78, 5) is 0. The molecule has 3 N–H and O–H groups in total. The number of aromatic nitrogens is 1. The molecule has 1 aromatic heterocycles. The molecule has 1 unspecified atom stereocenters. The molecule has 0 aliphatic heterocycles. The van der Waals surface area contributed by atoms with Crippen molar-refractivity contribution in [1.29, 1.82) is 0 Å². The normalized spacial score (nSPS) is 15.1. The van der Waals surface area contributed by atoms with Crippen molar-refractivity contribution >= 4 is 22.3 Å². The fourth-order valence-corrected chi connectivity index (χ4v) is 5.95. The summed E-state index contributed by atoms with van der Waals surface area (Å²) < 4.78 is 62.3. The van der Waals surface area contributed by atoms with Crippen molar-refractivity contribution in [3.05, 3.63) is 65.6 Å². The SMILES string of the molecule is CCCCC(C=C(F)CNC)Nc1cccc2c1cc(C#CCNc1ccc(C3CCCCC3)cc1OC)n2CC(F)(F)F. The van der Waals surface area contributed by atoms with Crippen LogP contribution in [0, 0.1) is 11.8 Å². The Kier molecular flexibility index (Phi) is 12.0. The fourth-order valence-electron chi connectivity index (χ4n) is 5.95. The maximum atomic E-state index is 14.4. The first kappa shape index (κ1) is 33.3. The quantitative estimate of drug-likeness (QED) is 0.133. The Balaban J connectivity index is 1.58. The molecule has 1 saturated carbocycles. The van der Waals surface area contributed by atoms with Crippen molar-refractivity contribution in [3.63, 3.8) is 0 Å². The Bertz CT molecular complexity index is 1460. The first-order valence-electron chi connectivity index (χ1n) is 15.6. The molecule has 1 heterocycles. The number of methoxy groups -OCH3 is 1. The Labute approximate surface area is 258 Å². The van der Waals surface area contributed by atoms with Crippen LogP contribution in [0.1, 0.15) is 75.5 Å². The topological polar surface area (TPSA) is 50.2 Å². The molecule has 0 spiro atoms. The first-order chi connectivity index (χ1) is 21.2. The van der Waals surface area contributed by atoms with Gasteiger partial charge in [0.05, 0.1) is 30.6 Å². The number of likely N-dealkylation sites (N-methyl/N-ethyl adjacent to an activating group) is 1. The molecular formula is C35H44F4N4O. The summed E-state index contributed by atoms with van der Waals surface area (Å²) in [6.45, 7) is 1.24. The molecule has 1 aliphatic carbocycles. The molecular weight excluding hydrogens is 568 g/mol. The number of ether oxygens (including phenoxy) is 1. The lowest BCUT2D eigenvalue weighted by atomic mass is 9.84. The molecule has 4 rings (SSSR count). The van der Waals surface area contributed by atoms with Gasteiger partial charge in [0.1, 0.15) is 18.1 Å². The number of anilines is 2. The van der Waals surface area contributed by atoms with E-state index < -0.39 is 12.7 Å². The molecule has 1 atom stereocenters. The van der Waals surface area contributed by atoms with Gasteiger partial charge in [-0.05, 0) is 80.1 Å². The van der Waals surface area contributed by atoms with Crippen molar-refractivity contribution in [2.75, 3.05) is 37.9 Å². The highest BCUT2D eigenvalue weighted by molar-refractivity contribution is 5.94. The van der Waals surface area contributed by atoms with Crippen LogP contribution in [-0.4, -0.2) is 44.0 Å². The predicted octanol–water partition coefficient (Wildman–Crippen LogP) is 8.77. The highest BCUT2D eigenvalue weighted by Gasteiger charge is 2.30. The molecule has 1 fully saturated rings. The van der Waals surface area contributed by atoms with Crippen molar-refractivity contribution in [2.24, 2.45) is 0 Å². The van der Waals surface area contributed by atoms with E-state index in [0.29, 0.717) is 28.9 Å². The maximum absolute atomic E-state index is 14.4. The van der Waals surface area contributed by atoms with Crippen LogP contribution in [0.15, 0.2) is 54.4 Å². The van der Waals surface area contributed by atoms with Crippen LogP contribution in [0.25, 0.3) is 10.9 Å². The summed E-state index contributed by atoms with van der Waals surface area (Å²) in [6, 6.07) is 12.7. The summed E-state index contributed by atoms with van der Waals surface area (Å²) in [6.07, 6.45) is 5.78. The number of fused-ring (bicyclic) bond motifs is 1. The van der Waals surface area contributed by atoms with Gasteiger partial charge in [0, 0.05) is 23.7 Å². The summed E-state index contributed by atoms with van der Waals surface area (Å²) in [5.74, 6) is 6.95. The Morgan fingerprint density at radius 1 is 1.11 bits per heavy atom. The minimum Gasteiger partial charge on any atom is -0.495 e. The van der Waals surface area contributed by atoms with Gasteiger partial charge in [0.15, 0.2) is 0 Å². The number of rotatable bonds is 13. The summed E-state index contributed by atoms with van der Waals surface area (Å²) in [7, 11) is 3.31. The maximum Gasteiger partial charge on any atom is 0.406 e. The lowest BCUT2D eigenvalue weighted by molar-refractivity contribution is -0.140. The standard InChI is InChI=1S/C35H44F4N4O/c1-4-5-13-28(21-27(36)23-40-2)42-31-15-9-16-33-30(31)22-29(43(33)24-35(37,38)39)14-10-19-41-32-18-17-26(20-34(32)44-3)25-11-7-6-8-12-25/h9,15-18,20-22,25,28,40-42H,4-8,11-13,19,23-24H2,1-3H3. The highest BCUT2D eigenvalue weighted by atomic mass is 19.4. The molecule has 0 radical (unpaired) electrons. The second-order valence-corrected chi connectivity index (χ2v) is 11.5. The van der Waals surface area contributed by atoms with E-state index in [4.69, 9.17) is 4.74 Å². The molecule has 3 aromatic rings. The third kappa shape index (κ3) is 9.18. The van der Waals surface area contributed by atoms with Crippen molar-refractivity contribution in [1.82, 2.24) is 9.88 Å². The lowest BCUT2D eigenvalue weighted by Crippen LogP contribution is -2.19. The molecule has 0 amide bonds. The van der Waals surface area contributed by atoms with Crippen LogP contribution in [0.4, 0.5) is 28.9 Å². The van der Waals surface area contributed by atoms with Crippen molar-refractivity contribution < 1.29 is 22.3 Å². The van der Waals surface area contributed by atoms with Gasteiger partial charge in [-0.15, -0.1) is 0 Å². The number of unbranched alkanes of at least 4 members (excludes halogenated alkanes) is 1. The zero-order chi connectivity index (χ0) is 31.5. The van der Waals surface area contributed by atoms with E-state index >= 15 is 0 Å². The van der Waals surface area contributed by atoms with Gasteiger partial charge in [-0.25, -0.2) is 4.39 Å². The fraction of sp³-hybridized carbons (Fsp3) is 0.486. The van der Waals surface area contributed by atoms with Crippen LogP contribution in [-0.2, 0) is 6.54 Å². The molecule has 5 nitrogen and oxygen atoms in total. The van der Waals surface area contributed by atoms with Crippen LogP contribution in [0.2, 0.25) is 0 Å². The monoisotopic (exact) mass is 612 g/mol. The van der Waals surface area contributed by atoms with E-state index in [-0.39, 0.29) is 30.7 Å². The molecule has 44 heavy (non-hydrogen) atoms. The zero-order valence-electron chi connectivity index (χ0n) is 25.9. The van der Waals surface area contributed by atoms with Gasteiger partial charge in [-0.1, -0.05) is 57.1 Å². The number of hydrogen-bond acceptors (Lipinski definition) is 4. The van der Waals surface area contributed by atoms with E-state index in [2.05, 4.69) is 46.8 Å². The highest BCUT2D eigenvalue weighted by Crippen LogP contribution is 2.36. The third-order valence-electron chi connectivity index (χ3n) is 8.11. The second-order valence-electron chi connectivity index (χ2n) is 11.5. The molecule has 0 saturated heterocycles. The molecule has 2 aromatic carbocycles. The first-order valence-corrected chi connectivity index (χ1v) is 15.6. The van der Waals surface area contributed by atoms with Crippen LogP contribution >= 0.6 is 0 Å². The summed E-state index contributed by atoms with van der Waals surface area (Å²) in [5, 5.41) is 10.0. The van der Waals surface area contributed by atoms with E-state index in [1.54, 1.807) is 38.4 Å². The van der Waals surface area contributed by atoms with Gasteiger partial charge < -0.3 is 25.3 Å². The number of nitrogens with zero attached hydrogens (tertiary/aromatic N) is 1. The summed E-state index contributed by atoms with van der Waals surface area (Å²) >= 11 is 0. The number of benzene rings is 2. The number of halogens is 4. The predicted molar refractivity (Wildman–Crippen MR) is 172 cm³/mol. The summed E-state index contributed by atoms with van der Waals surface area (Å²) in [5.41, 5.74) is 3.38. The zero-order valence-corrected chi connectivity index (χ0v) is 25.9. The Morgan fingerprint density at radius 2 is 1.91 bits per heavy atom. The smallest absolute Gasteiger partial charge is 0.406 e. The van der Waals surface area contributed by atoms with Crippen LogP contribution in [0.5, 0.6) is 5.75 Å². The third-order valence-corrected chi connectivity index (χ3v) is 8.11. The van der Waals surface area contributed by atoms with Crippen molar-refractivity contribution in [2.45, 2.75) is 83.0 Å². The second kappa shape index (κ2) is 15.9. The van der Waals surface area contributed by atoms with E-state index in [0.717, 1.165) is 24.3 Å². The number of hydrogen-bond donors (Lipinski definition) is 3. The van der Waals surface area contributed by atoms with Gasteiger partial charge in [-0.3, -0.25) is 0 Å². The van der Waals surface area contributed by atoms with Gasteiger partial charge in [-0.2, -0.15) is 13.2 Å². The average Bonchev–Trinajstić information content (AvgIpc) is 3.35. The number of nitrogens with one attached hydrogen (secondary N) is 3. The van der Waals surface area contributed by atoms with Crippen molar-refractivity contribution in [3.8, 4) is 17.6 Å². The van der Waals surface area contributed by atoms with Gasteiger partial charge in [0.2, 0.25) is 0 Å². The molecule has 0 bridgehead atoms.